The Labute approximate surface area is 88.2 Å². The number of rotatable bonds is 6. The second kappa shape index (κ2) is 5.09. The van der Waals surface area contributed by atoms with Crippen LogP contribution in [0.3, 0.4) is 0 Å². The fourth-order valence-corrected chi connectivity index (χ4v) is 1.55. The van der Waals surface area contributed by atoms with Crippen LogP contribution in [0.5, 0.6) is 0 Å². The van der Waals surface area contributed by atoms with Crippen LogP contribution in [0.2, 0.25) is 0 Å². The van der Waals surface area contributed by atoms with Crippen molar-refractivity contribution in [1.29, 1.82) is 0 Å². The first kappa shape index (κ1) is 11.9. The van der Waals surface area contributed by atoms with E-state index >= 15 is 0 Å². The van der Waals surface area contributed by atoms with Gasteiger partial charge >= 0.3 is 6.03 Å². The average Bonchev–Trinajstić information content (AvgIpc) is 2.84. The van der Waals surface area contributed by atoms with E-state index in [0.717, 1.165) is 19.3 Å². The number of carbonyl (C=O) groups excluding carboxylic acids is 2. The van der Waals surface area contributed by atoms with Crippen molar-refractivity contribution in [2.24, 2.45) is 11.1 Å². The molecule has 0 heterocycles. The third kappa shape index (κ3) is 4.26. The van der Waals surface area contributed by atoms with Crippen LogP contribution in [-0.2, 0) is 4.79 Å². The van der Waals surface area contributed by atoms with Crippen molar-refractivity contribution in [2.75, 3.05) is 19.7 Å². The van der Waals surface area contributed by atoms with Gasteiger partial charge in [-0.2, -0.15) is 0 Å². The summed E-state index contributed by atoms with van der Waals surface area (Å²) in [6.45, 7) is 0.949. The molecule has 0 saturated heterocycles. The maximum atomic E-state index is 11.0. The molecule has 0 aliphatic heterocycles. The molecule has 0 aromatic carbocycles. The summed E-state index contributed by atoms with van der Waals surface area (Å²) in [5.74, 6) is -0.428. The first-order valence-corrected chi connectivity index (χ1v) is 4.99. The smallest absolute Gasteiger partial charge is 0.318 e. The third-order valence-electron chi connectivity index (χ3n) is 2.65. The maximum absolute atomic E-state index is 11.0. The second-order valence-electron chi connectivity index (χ2n) is 3.99. The van der Waals surface area contributed by atoms with Gasteiger partial charge in [0.1, 0.15) is 0 Å². The second-order valence-corrected chi connectivity index (χ2v) is 3.99. The Bertz CT molecular complexity index is 251. The van der Waals surface area contributed by atoms with E-state index in [0.29, 0.717) is 6.54 Å². The van der Waals surface area contributed by atoms with E-state index in [1.807, 2.05) is 5.32 Å². The summed E-state index contributed by atoms with van der Waals surface area (Å²) in [7, 11) is 0. The van der Waals surface area contributed by atoms with Crippen LogP contribution in [0.1, 0.15) is 19.3 Å². The summed E-state index contributed by atoms with van der Waals surface area (Å²) in [6, 6.07) is -0.835. The summed E-state index contributed by atoms with van der Waals surface area (Å²) in [5.41, 5.74) is 4.95. The molecule has 0 aromatic rings. The lowest BCUT2D eigenvalue weighted by Gasteiger charge is -2.13. The highest BCUT2D eigenvalue weighted by atomic mass is 16.3. The molecule has 1 aliphatic rings. The van der Waals surface area contributed by atoms with Gasteiger partial charge in [-0.1, -0.05) is 0 Å². The van der Waals surface area contributed by atoms with E-state index in [4.69, 9.17) is 10.8 Å². The first-order chi connectivity index (χ1) is 7.08. The van der Waals surface area contributed by atoms with Gasteiger partial charge in [0.05, 0.1) is 6.54 Å². The minimum absolute atomic E-state index is 0.0795. The number of aliphatic hydroxyl groups excluding tert-OH is 1. The highest BCUT2D eigenvalue weighted by molar-refractivity contribution is 5.94. The Morgan fingerprint density at radius 1 is 1.40 bits per heavy atom. The van der Waals surface area contributed by atoms with E-state index < -0.39 is 11.9 Å². The molecule has 3 amide bonds. The number of aliphatic hydroxyl groups is 1. The lowest BCUT2D eigenvalue weighted by atomic mass is 10.0. The number of primary amides is 1. The molecule has 15 heavy (non-hydrogen) atoms. The molecule has 1 saturated carbocycles. The molecular weight excluding hydrogens is 198 g/mol. The Morgan fingerprint density at radius 3 is 2.53 bits per heavy atom. The number of hydrogen-bond donors (Lipinski definition) is 4. The topological polar surface area (TPSA) is 104 Å². The van der Waals surface area contributed by atoms with Gasteiger partial charge in [0.2, 0.25) is 5.91 Å². The molecule has 6 nitrogen and oxygen atoms in total. The van der Waals surface area contributed by atoms with Gasteiger partial charge in [0.25, 0.3) is 0 Å². The summed E-state index contributed by atoms with van der Waals surface area (Å²) >= 11 is 0. The molecule has 0 aromatic heterocycles. The summed E-state index contributed by atoms with van der Waals surface area (Å²) in [4.78, 5) is 21.3. The van der Waals surface area contributed by atoms with Crippen molar-refractivity contribution in [3.8, 4) is 0 Å². The zero-order valence-electron chi connectivity index (χ0n) is 8.58. The van der Waals surface area contributed by atoms with Gasteiger partial charge in [-0.05, 0) is 24.7 Å². The number of urea groups is 1. The van der Waals surface area contributed by atoms with Gasteiger partial charge in [0.15, 0.2) is 0 Å². The lowest BCUT2D eigenvalue weighted by Crippen LogP contribution is -2.41. The van der Waals surface area contributed by atoms with Crippen molar-refractivity contribution in [1.82, 2.24) is 10.6 Å². The minimum Gasteiger partial charge on any atom is -0.396 e. The summed E-state index contributed by atoms with van der Waals surface area (Å²) < 4.78 is 0. The standard InChI is InChI=1S/C9H17N3O3/c10-8(15)12-7(14)5-11-6-9(1-2-9)3-4-13/h11,13H,1-6H2,(H3,10,12,14,15). The average molecular weight is 215 g/mol. The van der Waals surface area contributed by atoms with Gasteiger partial charge in [-0.3, -0.25) is 10.1 Å². The van der Waals surface area contributed by atoms with E-state index in [2.05, 4.69) is 5.32 Å². The Kier molecular flexibility index (Phi) is 4.05. The van der Waals surface area contributed by atoms with Crippen molar-refractivity contribution < 1.29 is 14.7 Å². The predicted octanol–water partition coefficient (Wildman–Crippen LogP) is -1.07. The molecule has 5 N–H and O–H groups in total. The molecule has 1 fully saturated rings. The zero-order valence-corrected chi connectivity index (χ0v) is 8.58. The van der Waals surface area contributed by atoms with Crippen LogP contribution in [-0.4, -0.2) is 36.7 Å². The molecule has 6 heteroatoms. The van der Waals surface area contributed by atoms with Crippen molar-refractivity contribution in [2.45, 2.75) is 19.3 Å². The number of imide groups is 1. The SMILES string of the molecule is NC(=O)NC(=O)CNCC1(CCO)CC1. The van der Waals surface area contributed by atoms with Crippen LogP contribution in [0.15, 0.2) is 0 Å². The zero-order chi connectivity index (χ0) is 11.3. The van der Waals surface area contributed by atoms with Crippen molar-refractivity contribution in [3.05, 3.63) is 0 Å². The third-order valence-corrected chi connectivity index (χ3v) is 2.65. The molecule has 0 atom stereocenters. The first-order valence-electron chi connectivity index (χ1n) is 4.99. The van der Waals surface area contributed by atoms with Gasteiger partial charge < -0.3 is 16.2 Å². The Morgan fingerprint density at radius 2 is 2.07 bits per heavy atom. The molecule has 0 radical (unpaired) electrons. The number of nitrogens with one attached hydrogen (secondary N) is 2. The van der Waals surface area contributed by atoms with Crippen LogP contribution in [0, 0.1) is 5.41 Å². The van der Waals surface area contributed by atoms with Crippen LogP contribution in [0.25, 0.3) is 0 Å². The van der Waals surface area contributed by atoms with Crippen molar-refractivity contribution in [3.63, 3.8) is 0 Å². The van der Waals surface area contributed by atoms with Crippen LogP contribution in [0.4, 0.5) is 4.79 Å². The molecule has 86 valence electrons. The van der Waals surface area contributed by atoms with E-state index in [9.17, 15) is 9.59 Å². The molecule has 1 rings (SSSR count). The van der Waals surface area contributed by atoms with E-state index in [1.165, 1.54) is 0 Å². The lowest BCUT2D eigenvalue weighted by molar-refractivity contribution is -0.119. The maximum Gasteiger partial charge on any atom is 0.318 e. The fourth-order valence-electron chi connectivity index (χ4n) is 1.55. The number of hydrogen-bond acceptors (Lipinski definition) is 4. The van der Waals surface area contributed by atoms with E-state index in [-0.39, 0.29) is 18.6 Å². The molecule has 1 aliphatic carbocycles. The molecule has 0 spiro atoms. The quantitative estimate of drug-likeness (QED) is 0.453. The number of carbonyl (C=O) groups is 2. The van der Waals surface area contributed by atoms with Crippen LogP contribution < -0.4 is 16.4 Å². The number of nitrogens with two attached hydrogens (primary N) is 1. The van der Waals surface area contributed by atoms with Crippen molar-refractivity contribution >= 4 is 11.9 Å². The molecule has 0 bridgehead atoms. The largest absolute Gasteiger partial charge is 0.396 e. The Balaban J connectivity index is 2.11. The number of amides is 3. The van der Waals surface area contributed by atoms with Gasteiger partial charge in [-0.25, -0.2) is 4.79 Å². The molecule has 0 unspecified atom stereocenters. The Hall–Kier alpha value is -1.14. The predicted molar refractivity (Wildman–Crippen MR) is 54.0 cm³/mol. The van der Waals surface area contributed by atoms with Crippen LogP contribution >= 0.6 is 0 Å². The summed E-state index contributed by atoms with van der Waals surface area (Å²) in [5, 5.41) is 13.7. The monoisotopic (exact) mass is 215 g/mol. The van der Waals surface area contributed by atoms with Gasteiger partial charge in [-0.15, -0.1) is 0 Å². The minimum atomic E-state index is -0.835. The van der Waals surface area contributed by atoms with Gasteiger partial charge in [0, 0.05) is 13.2 Å². The molecular formula is C9H17N3O3. The normalized spacial score (nSPS) is 17.1. The fraction of sp³-hybridized carbons (Fsp3) is 0.778. The van der Waals surface area contributed by atoms with E-state index in [1.54, 1.807) is 0 Å². The summed E-state index contributed by atoms with van der Waals surface area (Å²) in [6.07, 6.45) is 2.92. The highest BCUT2D eigenvalue weighted by Gasteiger charge is 2.41. The highest BCUT2D eigenvalue weighted by Crippen LogP contribution is 2.47.